The normalized spacial score (nSPS) is 11.7. The summed E-state index contributed by atoms with van der Waals surface area (Å²) >= 11 is 6.25. The fourth-order valence-electron chi connectivity index (χ4n) is 3.43. The van der Waals surface area contributed by atoms with E-state index >= 15 is 0 Å². The maximum Gasteiger partial charge on any atom is 0.317 e. The number of hydrogen-bond donors (Lipinski definition) is 1. The third-order valence-electron chi connectivity index (χ3n) is 5.50. The zero-order chi connectivity index (χ0) is 24.0. The number of nitrogens with one attached hydrogen (secondary N) is 1. The predicted octanol–water partition coefficient (Wildman–Crippen LogP) is 5.97. The van der Waals surface area contributed by atoms with Crippen LogP contribution in [0.15, 0.2) is 48.5 Å². The summed E-state index contributed by atoms with van der Waals surface area (Å²) < 4.78 is 13.3. The minimum Gasteiger partial charge on any atom is -0.497 e. The molecule has 33 heavy (non-hydrogen) atoms. The standard InChI is InChI=1S/C25H31ClN4O3/c1-6-17(3)29(25(31)27-7-2)16-23-18(4)28-30(20-10-8-9-19(26)15-20)24(23)33-22-13-11-21(32-5)12-14-22/h8-15,17H,6-7,16H2,1-5H3,(H,27,31)/t17-/m0/s1. The molecule has 1 atom stereocenters. The Kier molecular flexibility index (Phi) is 8.22. The van der Waals surface area contributed by atoms with Crippen LogP contribution in [-0.2, 0) is 6.54 Å². The van der Waals surface area contributed by atoms with Gasteiger partial charge in [-0.15, -0.1) is 0 Å². The molecule has 3 aromatic rings. The van der Waals surface area contributed by atoms with E-state index in [0.29, 0.717) is 29.7 Å². The van der Waals surface area contributed by atoms with E-state index in [1.807, 2.05) is 74.2 Å². The van der Waals surface area contributed by atoms with E-state index in [2.05, 4.69) is 12.2 Å². The maximum atomic E-state index is 12.8. The number of aryl methyl sites for hydroxylation is 1. The molecular formula is C25H31ClN4O3. The minimum absolute atomic E-state index is 0.0410. The van der Waals surface area contributed by atoms with Gasteiger partial charge in [0.2, 0.25) is 5.88 Å². The molecule has 2 amide bonds. The highest BCUT2D eigenvalue weighted by Gasteiger charge is 2.26. The van der Waals surface area contributed by atoms with Crippen molar-refractivity contribution < 1.29 is 14.3 Å². The zero-order valence-electron chi connectivity index (χ0n) is 19.8. The number of urea groups is 1. The van der Waals surface area contributed by atoms with Crippen LogP contribution in [0, 0.1) is 6.92 Å². The Bertz CT molecular complexity index is 1080. The first kappa shape index (κ1) is 24.5. The number of carbonyl (C=O) groups is 1. The highest BCUT2D eigenvalue weighted by molar-refractivity contribution is 6.30. The average molecular weight is 471 g/mol. The number of amides is 2. The lowest BCUT2D eigenvalue weighted by molar-refractivity contribution is 0.173. The second-order valence-corrected chi connectivity index (χ2v) is 8.20. The SMILES string of the molecule is CCNC(=O)N(Cc1c(C)nn(-c2cccc(Cl)c2)c1Oc1ccc(OC)cc1)[C@@H](C)CC. The molecule has 0 spiro atoms. The molecule has 0 bridgehead atoms. The van der Waals surface area contributed by atoms with Crippen LogP contribution in [0.2, 0.25) is 5.02 Å². The molecule has 1 aromatic heterocycles. The van der Waals surface area contributed by atoms with Crippen LogP contribution in [0.4, 0.5) is 4.79 Å². The summed E-state index contributed by atoms with van der Waals surface area (Å²) in [6.07, 6.45) is 0.827. The van der Waals surface area contributed by atoms with E-state index in [4.69, 9.17) is 26.2 Å². The molecule has 176 valence electrons. The molecule has 0 aliphatic heterocycles. The first-order valence-corrected chi connectivity index (χ1v) is 11.5. The van der Waals surface area contributed by atoms with Crippen LogP contribution in [0.25, 0.3) is 5.69 Å². The monoisotopic (exact) mass is 470 g/mol. The molecule has 8 heteroatoms. The van der Waals surface area contributed by atoms with E-state index in [-0.39, 0.29) is 12.1 Å². The summed E-state index contributed by atoms with van der Waals surface area (Å²) in [6, 6.07) is 14.7. The maximum absolute atomic E-state index is 12.8. The van der Waals surface area contributed by atoms with Gasteiger partial charge in [0.05, 0.1) is 30.6 Å². The second kappa shape index (κ2) is 11.1. The van der Waals surface area contributed by atoms with Crippen LogP contribution >= 0.6 is 11.6 Å². The van der Waals surface area contributed by atoms with Crippen molar-refractivity contribution >= 4 is 17.6 Å². The van der Waals surface area contributed by atoms with E-state index < -0.39 is 0 Å². The number of nitrogens with zero attached hydrogens (tertiary/aromatic N) is 3. The number of ether oxygens (including phenoxy) is 2. The number of carbonyl (C=O) groups excluding carboxylic acids is 1. The van der Waals surface area contributed by atoms with Crippen LogP contribution in [0.5, 0.6) is 17.4 Å². The fourth-order valence-corrected chi connectivity index (χ4v) is 3.62. The Morgan fingerprint density at radius 3 is 2.48 bits per heavy atom. The molecule has 1 heterocycles. The van der Waals surface area contributed by atoms with Crippen molar-refractivity contribution in [2.45, 2.75) is 46.7 Å². The Morgan fingerprint density at radius 1 is 1.18 bits per heavy atom. The zero-order valence-corrected chi connectivity index (χ0v) is 20.5. The smallest absolute Gasteiger partial charge is 0.317 e. The number of hydrogen-bond acceptors (Lipinski definition) is 4. The topological polar surface area (TPSA) is 68.6 Å². The lowest BCUT2D eigenvalue weighted by atomic mass is 10.1. The summed E-state index contributed by atoms with van der Waals surface area (Å²) in [4.78, 5) is 14.7. The number of halogens is 1. The first-order chi connectivity index (χ1) is 15.9. The van der Waals surface area contributed by atoms with Gasteiger partial charge in [-0.05, 0) is 69.7 Å². The Balaban J connectivity index is 2.08. The molecule has 0 radical (unpaired) electrons. The van der Waals surface area contributed by atoms with Crippen LogP contribution in [-0.4, -0.2) is 40.4 Å². The summed E-state index contributed by atoms with van der Waals surface area (Å²) in [6.45, 7) is 8.85. The van der Waals surface area contributed by atoms with Crippen LogP contribution < -0.4 is 14.8 Å². The van der Waals surface area contributed by atoms with Gasteiger partial charge >= 0.3 is 6.03 Å². The second-order valence-electron chi connectivity index (χ2n) is 7.76. The number of benzene rings is 2. The molecule has 3 rings (SSSR count). The van der Waals surface area contributed by atoms with Crippen LogP contribution in [0.1, 0.15) is 38.4 Å². The fraction of sp³-hybridized carbons (Fsp3) is 0.360. The van der Waals surface area contributed by atoms with Crippen molar-refractivity contribution in [1.29, 1.82) is 0 Å². The summed E-state index contributed by atoms with van der Waals surface area (Å²) in [5, 5.41) is 8.26. The molecule has 0 unspecified atom stereocenters. The van der Waals surface area contributed by atoms with Gasteiger partial charge in [-0.1, -0.05) is 24.6 Å². The number of methoxy groups -OCH3 is 1. The van der Waals surface area contributed by atoms with E-state index in [9.17, 15) is 4.79 Å². The highest BCUT2D eigenvalue weighted by atomic mass is 35.5. The van der Waals surface area contributed by atoms with Crippen molar-refractivity contribution in [3.05, 3.63) is 64.8 Å². The summed E-state index contributed by atoms with van der Waals surface area (Å²) in [5.74, 6) is 1.91. The van der Waals surface area contributed by atoms with Gasteiger partial charge < -0.3 is 19.7 Å². The molecule has 0 fully saturated rings. The van der Waals surface area contributed by atoms with Gasteiger partial charge in [0.25, 0.3) is 0 Å². The molecule has 0 saturated heterocycles. The van der Waals surface area contributed by atoms with Crippen LogP contribution in [0.3, 0.4) is 0 Å². The Hall–Kier alpha value is -3.19. The molecule has 0 aliphatic carbocycles. The molecule has 0 aliphatic rings. The van der Waals surface area contributed by atoms with Gasteiger partial charge in [-0.25, -0.2) is 9.48 Å². The molecular weight excluding hydrogens is 440 g/mol. The largest absolute Gasteiger partial charge is 0.497 e. The molecule has 0 saturated carbocycles. The van der Waals surface area contributed by atoms with Crippen molar-refractivity contribution in [2.75, 3.05) is 13.7 Å². The Labute approximate surface area is 200 Å². The van der Waals surface area contributed by atoms with Gasteiger partial charge in [-0.3, -0.25) is 0 Å². The van der Waals surface area contributed by atoms with Gasteiger partial charge in [0.15, 0.2) is 0 Å². The predicted molar refractivity (Wildman–Crippen MR) is 131 cm³/mol. The Morgan fingerprint density at radius 2 is 1.88 bits per heavy atom. The van der Waals surface area contributed by atoms with E-state index in [0.717, 1.165) is 29.1 Å². The van der Waals surface area contributed by atoms with Crippen molar-refractivity contribution in [1.82, 2.24) is 20.0 Å². The van der Waals surface area contributed by atoms with Crippen molar-refractivity contribution in [3.8, 4) is 23.1 Å². The van der Waals surface area contributed by atoms with Gasteiger partial charge in [0, 0.05) is 17.6 Å². The summed E-state index contributed by atoms with van der Waals surface area (Å²) in [5.41, 5.74) is 2.38. The lowest BCUT2D eigenvalue weighted by Crippen LogP contribution is -2.44. The minimum atomic E-state index is -0.114. The third-order valence-corrected chi connectivity index (χ3v) is 5.74. The number of aromatic nitrogens is 2. The lowest BCUT2D eigenvalue weighted by Gasteiger charge is -2.29. The first-order valence-electron chi connectivity index (χ1n) is 11.1. The average Bonchev–Trinajstić information content (AvgIpc) is 3.12. The highest BCUT2D eigenvalue weighted by Crippen LogP contribution is 2.33. The van der Waals surface area contributed by atoms with Gasteiger partial charge in [0.1, 0.15) is 11.5 Å². The van der Waals surface area contributed by atoms with E-state index in [1.165, 1.54) is 0 Å². The van der Waals surface area contributed by atoms with Crippen molar-refractivity contribution in [2.24, 2.45) is 0 Å². The van der Waals surface area contributed by atoms with E-state index in [1.54, 1.807) is 11.8 Å². The molecule has 2 aromatic carbocycles. The van der Waals surface area contributed by atoms with Gasteiger partial charge in [-0.2, -0.15) is 5.10 Å². The summed E-state index contributed by atoms with van der Waals surface area (Å²) in [7, 11) is 1.62. The van der Waals surface area contributed by atoms with Crippen molar-refractivity contribution in [3.63, 3.8) is 0 Å². The molecule has 7 nitrogen and oxygen atoms in total. The third kappa shape index (κ3) is 5.79. The number of rotatable bonds is 9. The quantitative estimate of drug-likeness (QED) is 0.418. The molecule has 1 N–H and O–H groups in total.